The van der Waals surface area contributed by atoms with Crippen molar-refractivity contribution in [2.24, 2.45) is 0 Å². The van der Waals surface area contributed by atoms with Gasteiger partial charge >= 0.3 is 5.76 Å². The van der Waals surface area contributed by atoms with Crippen LogP contribution in [0.25, 0.3) is 11.1 Å². The SMILES string of the molecule is C[C@@H]1CN(CCn2c(=O)oc3ccccc32)CCN1. The van der Waals surface area contributed by atoms with Crippen molar-refractivity contribution in [3.05, 3.63) is 34.8 Å². The van der Waals surface area contributed by atoms with Crippen LogP contribution in [0.2, 0.25) is 0 Å². The van der Waals surface area contributed by atoms with Gasteiger partial charge in [0.2, 0.25) is 0 Å². The second-order valence-corrected chi connectivity index (χ2v) is 5.14. The van der Waals surface area contributed by atoms with Gasteiger partial charge < -0.3 is 9.73 Å². The summed E-state index contributed by atoms with van der Waals surface area (Å²) in [5.74, 6) is -0.260. The highest BCUT2D eigenvalue weighted by atomic mass is 16.4. The quantitative estimate of drug-likeness (QED) is 0.891. The van der Waals surface area contributed by atoms with Crippen LogP contribution in [-0.4, -0.2) is 41.7 Å². The number of fused-ring (bicyclic) bond motifs is 1. The summed E-state index contributed by atoms with van der Waals surface area (Å²) in [5, 5.41) is 3.42. The summed E-state index contributed by atoms with van der Waals surface area (Å²) in [7, 11) is 0. The standard InChI is InChI=1S/C14H19N3O2/c1-11-10-16(7-6-15-11)8-9-17-12-4-2-3-5-13(12)19-14(17)18/h2-5,11,15H,6-10H2,1H3/t11-/m1/s1. The number of oxazole rings is 1. The van der Waals surface area contributed by atoms with Gasteiger partial charge in [0.15, 0.2) is 5.58 Å². The summed E-state index contributed by atoms with van der Waals surface area (Å²) in [6.45, 7) is 6.84. The predicted octanol–water partition coefficient (Wildman–Crippen LogP) is 0.888. The molecule has 1 aliphatic heterocycles. The average Bonchev–Trinajstić information content (AvgIpc) is 2.72. The Hall–Kier alpha value is -1.59. The average molecular weight is 261 g/mol. The smallest absolute Gasteiger partial charge is 0.408 e. The largest absolute Gasteiger partial charge is 0.419 e. The van der Waals surface area contributed by atoms with Crippen molar-refractivity contribution in [3.8, 4) is 0 Å². The Morgan fingerprint density at radius 3 is 3.05 bits per heavy atom. The molecule has 1 aromatic carbocycles. The molecule has 0 unspecified atom stereocenters. The Labute approximate surface area is 111 Å². The zero-order valence-corrected chi connectivity index (χ0v) is 11.1. The zero-order chi connectivity index (χ0) is 13.2. The van der Waals surface area contributed by atoms with Crippen LogP contribution in [0.1, 0.15) is 6.92 Å². The first-order valence-electron chi connectivity index (χ1n) is 6.78. The van der Waals surface area contributed by atoms with Gasteiger partial charge in [-0.3, -0.25) is 9.47 Å². The van der Waals surface area contributed by atoms with Crippen LogP contribution in [-0.2, 0) is 6.54 Å². The lowest BCUT2D eigenvalue weighted by Gasteiger charge is -2.31. The van der Waals surface area contributed by atoms with Crippen molar-refractivity contribution in [1.82, 2.24) is 14.8 Å². The van der Waals surface area contributed by atoms with Crippen LogP contribution in [0.3, 0.4) is 0 Å². The van der Waals surface area contributed by atoms with Gasteiger partial charge in [-0.2, -0.15) is 0 Å². The summed E-state index contributed by atoms with van der Waals surface area (Å²) in [4.78, 5) is 14.2. The number of hydrogen-bond acceptors (Lipinski definition) is 4. The fraction of sp³-hybridized carbons (Fsp3) is 0.500. The normalized spacial score (nSPS) is 21.0. The topological polar surface area (TPSA) is 50.4 Å². The fourth-order valence-corrected chi connectivity index (χ4v) is 2.68. The van der Waals surface area contributed by atoms with Crippen molar-refractivity contribution in [2.75, 3.05) is 26.2 Å². The third kappa shape index (κ3) is 2.57. The Morgan fingerprint density at radius 1 is 1.37 bits per heavy atom. The van der Waals surface area contributed by atoms with Crippen molar-refractivity contribution in [3.63, 3.8) is 0 Å². The molecule has 1 N–H and O–H groups in total. The monoisotopic (exact) mass is 261 g/mol. The second-order valence-electron chi connectivity index (χ2n) is 5.14. The summed E-state index contributed by atoms with van der Waals surface area (Å²) in [6.07, 6.45) is 0. The van der Waals surface area contributed by atoms with Gasteiger partial charge in [0, 0.05) is 38.8 Å². The van der Waals surface area contributed by atoms with Crippen molar-refractivity contribution in [2.45, 2.75) is 19.5 Å². The number of nitrogens with zero attached hydrogens (tertiary/aromatic N) is 2. The minimum atomic E-state index is -0.260. The van der Waals surface area contributed by atoms with Gasteiger partial charge in [-0.25, -0.2) is 4.79 Å². The number of rotatable bonds is 3. The minimum Gasteiger partial charge on any atom is -0.408 e. The van der Waals surface area contributed by atoms with E-state index >= 15 is 0 Å². The maximum absolute atomic E-state index is 11.8. The van der Waals surface area contributed by atoms with Crippen molar-refractivity contribution >= 4 is 11.1 Å². The summed E-state index contributed by atoms with van der Waals surface area (Å²) in [5.41, 5.74) is 1.55. The molecule has 0 amide bonds. The molecule has 5 nitrogen and oxygen atoms in total. The first kappa shape index (κ1) is 12.4. The van der Waals surface area contributed by atoms with E-state index in [4.69, 9.17) is 4.42 Å². The molecule has 2 heterocycles. The molecular formula is C14H19N3O2. The van der Waals surface area contributed by atoms with E-state index in [1.165, 1.54) is 0 Å². The summed E-state index contributed by atoms with van der Waals surface area (Å²) >= 11 is 0. The molecule has 19 heavy (non-hydrogen) atoms. The molecular weight excluding hydrogens is 242 g/mol. The molecule has 1 aromatic heterocycles. The fourth-order valence-electron chi connectivity index (χ4n) is 2.68. The van der Waals surface area contributed by atoms with E-state index in [2.05, 4.69) is 17.1 Å². The Morgan fingerprint density at radius 2 is 2.21 bits per heavy atom. The molecule has 102 valence electrons. The lowest BCUT2D eigenvalue weighted by Crippen LogP contribution is -2.50. The highest BCUT2D eigenvalue weighted by Gasteiger charge is 2.16. The van der Waals surface area contributed by atoms with Gasteiger partial charge in [0.1, 0.15) is 0 Å². The third-order valence-corrected chi connectivity index (χ3v) is 3.67. The van der Waals surface area contributed by atoms with E-state index in [0.717, 1.165) is 31.7 Å². The van der Waals surface area contributed by atoms with Gasteiger partial charge in [-0.05, 0) is 19.1 Å². The maximum atomic E-state index is 11.8. The molecule has 0 saturated carbocycles. The number of piperazine rings is 1. The van der Waals surface area contributed by atoms with Gasteiger partial charge in [0.25, 0.3) is 0 Å². The summed E-state index contributed by atoms with van der Waals surface area (Å²) in [6, 6.07) is 8.10. The molecule has 0 radical (unpaired) electrons. The lowest BCUT2D eigenvalue weighted by atomic mass is 10.2. The van der Waals surface area contributed by atoms with Crippen LogP contribution in [0, 0.1) is 0 Å². The molecule has 1 fully saturated rings. The third-order valence-electron chi connectivity index (χ3n) is 3.67. The molecule has 1 saturated heterocycles. The molecule has 2 aromatic rings. The number of hydrogen-bond donors (Lipinski definition) is 1. The minimum absolute atomic E-state index is 0.260. The van der Waals surface area contributed by atoms with Crippen LogP contribution in [0.5, 0.6) is 0 Å². The summed E-state index contributed by atoms with van der Waals surface area (Å²) < 4.78 is 6.96. The van der Waals surface area contributed by atoms with Gasteiger partial charge in [-0.15, -0.1) is 0 Å². The number of nitrogens with one attached hydrogen (secondary N) is 1. The highest BCUT2D eigenvalue weighted by molar-refractivity contribution is 5.72. The van der Waals surface area contributed by atoms with E-state index in [-0.39, 0.29) is 5.76 Å². The van der Waals surface area contributed by atoms with E-state index in [0.29, 0.717) is 18.2 Å². The molecule has 3 rings (SSSR count). The molecule has 0 bridgehead atoms. The van der Waals surface area contributed by atoms with Crippen molar-refractivity contribution < 1.29 is 4.42 Å². The number of para-hydroxylation sites is 2. The Bertz CT molecular complexity index is 616. The predicted molar refractivity (Wildman–Crippen MR) is 74.4 cm³/mol. The van der Waals surface area contributed by atoms with E-state index in [1.807, 2.05) is 24.3 Å². The molecule has 1 atom stereocenters. The van der Waals surface area contributed by atoms with Crippen LogP contribution in [0.4, 0.5) is 0 Å². The van der Waals surface area contributed by atoms with Crippen LogP contribution < -0.4 is 11.1 Å². The molecule has 5 heteroatoms. The van der Waals surface area contributed by atoms with E-state index in [9.17, 15) is 4.79 Å². The van der Waals surface area contributed by atoms with E-state index in [1.54, 1.807) is 4.57 Å². The number of aromatic nitrogens is 1. The number of benzene rings is 1. The lowest BCUT2D eigenvalue weighted by molar-refractivity contribution is 0.199. The van der Waals surface area contributed by atoms with E-state index < -0.39 is 0 Å². The van der Waals surface area contributed by atoms with Gasteiger partial charge in [-0.1, -0.05) is 12.1 Å². The van der Waals surface area contributed by atoms with Crippen LogP contribution in [0.15, 0.2) is 33.5 Å². The van der Waals surface area contributed by atoms with Crippen LogP contribution >= 0.6 is 0 Å². The maximum Gasteiger partial charge on any atom is 0.419 e. The second kappa shape index (κ2) is 5.19. The Kier molecular flexibility index (Phi) is 3.40. The highest BCUT2D eigenvalue weighted by Crippen LogP contribution is 2.11. The first-order valence-corrected chi connectivity index (χ1v) is 6.78. The Balaban J connectivity index is 1.75. The van der Waals surface area contributed by atoms with Crippen molar-refractivity contribution in [1.29, 1.82) is 0 Å². The first-order chi connectivity index (χ1) is 9.24. The molecule has 0 aliphatic carbocycles. The van der Waals surface area contributed by atoms with Gasteiger partial charge in [0.05, 0.1) is 5.52 Å². The zero-order valence-electron chi connectivity index (χ0n) is 11.1. The molecule has 0 spiro atoms. The molecule has 1 aliphatic rings.